The van der Waals surface area contributed by atoms with Gasteiger partial charge in [-0.2, -0.15) is 0 Å². The van der Waals surface area contributed by atoms with Gasteiger partial charge in [-0.05, 0) is 45.7 Å². The summed E-state index contributed by atoms with van der Waals surface area (Å²) < 4.78 is 1.79. The van der Waals surface area contributed by atoms with Gasteiger partial charge in [-0.25, -0.2) is 4.98 Å². The Hall–Kier alpha value is -1.36. The predicted molar refractivity (Wildman–Crippen MR) is 75.0 cm³/mol. The molecule has 1 N–H and O–H groups in total. The monoisotopic (exact) mass is 264 g/mol. The van der Waals surface area contributed by atoms with Crippen molar-refractivity contribution in [2.45, 2.75) is 32.7 Å². The number of carbonyl (C=O) groups excluding carboxylic acids is 1. The van der Waals surface area contributed by atoms with Crippen molar-refractivity contribution in [3.05, 3.63) is 18.2 Å². The van der Waals surface area contributed by atoms with Gasteiger partial charge in [-0.3, -0.25) is 4.79 Å². The summed E-state index contributed by atoms with van der Waals surface area (Å²) in [5.41, 5.74) is 0.664. The number of hydrogen-bond donors (Lipinski definition) is 1. The molecule has 5 heteroatoms. The highest BCUT2D eigenvalue weighted by molar-refractivity contribution is 5.92. The smallest absolute Gasteiger partial charge is 0.272 e. The molecule has 1 aliphatic heterocycles. The Morgan fingerprint density at radius 1 is 1.63 bits per heavy atom. The second kappa shape index (κ2) is 6.19. The average molecular weight is 264 g/mol. The summed E-state index contributed by atoms with van der Waals surface area (Å²) in [5, 5.41) is 3.41. The minimum absolute atomic E-state index is 0.0839. The molecule has 1 aliphatic rings. The molecule has 1 aromatic heterocycles. The number of aromatic nitrogens is 2. The van der Waals surface area contributed by atoms with Crippen molar-refractivity contribution in [2.24, 2.45) is 13.0 Å². The summed E-state index contributed by atoms with van der Waals surface area (Å²) >= 11 is 0. The molecule has 5 nitrogen and oxygen atoms in total. The van der Waals surface area contributed by atoms with Gasteiger partial charge in [-0.15, -0.1) is 0 Å². The second-order valence-corrected chi connectivity index (χ2v) is 5.65. The van der Waals surface area contributed by atoms with Crippen molar-refractivity contribution in [2.75, 3.05) is 19.6 Å². The lowest BCUT2D eigenvalue weighted by Gasteiger charge is -2.32. The quantitative estimate of drug-likeness (QED) is 0.891. The van der Waals surface area contributed by atoms with Gasteiger partial charge in [-0.1, -0.05) is 0 Å². The molecule has 2 rings (SSSR count). The molecule has 0 aliphatic carbocycles. The van der Waals surface area contributed by atoms with Crippen LogP contribution in [0.4, 0.5) is 0 Å². The highest BCUT2D eigenvalue weighted by Gasteiger charge is 2.25. The minimum Gasteiger partial charge on any atom is -0.335 e. The van der Waals surface area contributed by atoms with E-state index in [9.17, 15) is 4.79 Å². The van der Waals surface area contributed by atoms with Crippen LogP contribution in [0.1, 0.15) is 37.2 Å². The van der Waals surface area contributed by atoms with E-state index >= 15 is 0 Å². The molecule has 1 saturated heterocycles. The minimum atomic E-state index is 0.0839. The third-order valence-corrected chi connectivity index (χ3v) is 3.77. The first-order chi connectivity index (χ1) is 9.09. The third-order valence-electron chi connectivity index (χ3n) is 3.77. The molecule has 1 amide bonds. The van der Waals surface area contributed by atoms with Crippen LogP contribution < -0.4 is 5.32 Å². The first-order valence-corrected chi connectivity index (χ1v) is 7.07. The molecule has 0 radical (unpaired) electrons. The molecule has 19 heavy (non-hydrogen) atoms. The van der Waals surface area contributed by atoms with Crippen LogP contribution in [0, 0.1) is 5.92 Å². The molecule has 2 heterocycles. The largest absolute Gasteiger partial charge is 0.335 e. The molecule has 1 aromatic rings. The third kappa shape index (κ3) is 3.35. The van der Waals surface area contributed by atoms with Crippen molar-refractivity contribution in [3.8, 4) is 0 Å². The van der Waals surface area contributed by atoms with E-state index in [-0.39, 0.29) is 11.9 Å². The fraction of sp³-hybridized carbons (Fsp3) is 0.714. The zero-order valence-corrected chi connectivity index (χ0v) is 12.1. The number of aryl methyl sites for hydroxylation is 1. The Balaban J connectivity index is 2.07. The fourth-order valence-electron chi connectivity index (χ4n) is 2.60. The Bertz CT molecular complexity index is 421. The van der Waals surface area contributed by atoms with Crippen LogP contribution in [0.3, 0.4) is 0 Å². The molecule has 0 spiro atoms. The van der Waals surface area contributed by atoms with Crippen LogP contribution in [-0.2, 0) is 7.05 Å². The average Bonchev–Trinajstić information content (AvgIpc) is 2.82. The molecular formula is C14H24N4O. The number of imidazole rings is 1. The van der Waals surface area contributed by atoms with Crippen LogP contribution in [0.15, 0.2) is 12.5 Å². The van der Waals surface area contributed by atoms with Gasteiger partial charge in [0.1, 0.15) is 5.69 Å². The summed E-state index contributed by atoms with van der Waals surface area (Å²) in [7, 11) is 1.86. The summed E-state index contributed by atoms with van der Waals surface area (Å²) in [6, 6.07) is 0.212. The topological polar surface area (TPSA) is 50.2 Å². The molecular weight excluding hydrogens is 240 g/mol. The Morgan fingerprint density at radius 2 is 2.42 bits per heavy atom. The Morgan fingerprint density at radius 3 is 2.95 bits per heavy atom. The maximum absolute atomic E-state index is 12.6. The van der Waals surface area contributed by atoms with E-state index < -0.39 is 0 Å². The first kappa shape index (κ1) is 14.1. The second-order valence-electron chi connectivity index (χ2n) is 5.65. The van der Waals surface area contributed by atoms with Gasteiger partial charge in [0.15, 0.2) is 0 Å². The number of amides is 1. The number of piperidine rings is 1. The normalized spacial score (nSPS) is 19.7. The Labute approximate surface area is 115 Å². The van der Waals surface area contributed by atoms with Gasteiger partial charge < -0.3 is 14.8 Å². The molecule has 1 atom stereocenters. The molecule has 1 unspecified atom stereocenters. The van der Waals surface area contributed by atoms with Gasteiger partial charge in [0, 0.05) is 19.6 Å². The van der Waals surface area contributed by atoms with Crippen molar-refractivity contribution in [1.82, 2.24) is 19.8 Å². The van der Waals surface area contributed by atoms with E-state index in [1.165, 1.54) is 12.8 Å². The van der Waals surface area contributed by atoms with Crippen LogP contribution in [-0.4, -0.2) is 46.0 Å². The Kier molecular flexibility index (Phi) is 4.58. The summed E-state index contributed by atoms with van der Waals surface area (Å²) in [6.07, 6.45) is 5.73. The van der Waals surface area contributed by atoms with Crippen LogP contribution in [0.5, 0.6) is 0 Å². The standard InChI is InChI=1S/C14H24N4O/c1-11(2)18(9-12-5-4-6-15-7-12)14(19)13-8-16-10-17(13)3/h8,10-12,15H,4-7,9H2,1-3H3. The van der Waals surface area contributed by atoms with Crippen LogP contribution >= 0.6 is 0 Å². The van der Waals surface area contributed by atoms with Crippen molar-refractivity contribution >= 4 is 5.91 Å². The van der Waals surface area contributed by atoms with Gasteiger partial charge in [0.05, 0.1) is 12.5 Å². The molecule has 1 fully saturated rings. The van der Waals surface area contributed by atoms with Crippen molar-refractivity contribution in [3.63, 3.8) is 0 Å². The number of rotatable bonds is 4. The highest BCUT2D eigenvalue weighted by Crippen LogP contribution is 2.16. The van der Waals surface area contributed by atoms with Gasteiger partial charge >= 0.3 is 0 Å². The lowest BCUT2D eigenvalue weighted by molar-refractivity contribution is 0.0651. The maximum Gasteiger partial charge on any atom is 0.272 e. The van der Waals surface area contributed by atoms with E-state index in [1.54, 1.807) is 17.1 Å². The predicted octanol–water partition coefficient (Wildman–Crippen LogP) is 1.27. The maximum atomic E-state index is 12.6. The van der Waals surface area contributed by atoms with E-state index in [0.717, 1.165) is 19.6 Å². The number of hydrogen-bond acceptors (Lipinski definition) is 3. The number of nitrogens with zero attached hydrogens (tertiary/aromatic N) is 3. The van der Waals surface area contributed by atoms with Gasteiger partial charge in [0.25, 0.3) is 5.91 Å². The van der Waals surface area contributed by atoms with E-state index in [2.05, 4.69) is 24.1 Å². The summed E-state index contributed by atoms with van der Waals surface area (Å²) in [5.74, 6) is 0.647. The van der Waals surface area contributed by atoms with E-state index in [4.69, 9.17) is 0 Å². The lowest BCUT2D eigenvalue weighted by atomic mass is 9.98. The number of nitrogens with one attached hydrogen (secondary N) is 1. The van der Waals surface area contributed by atoms with Crippen molar-refractivity contribution in [1.29, 1.82) is 0 Å². The zero-order chi connectivity index (χ0) is 13.8. The van der Waals surface area contributed by atoms with Crippen molar-refractivity contribution < 1.29 is 4.79 Å². The van der Waals surface area contributed by atoms with Gasteiger partial charge in [0.2, 0.25) is 0 Å². The van der Waals surface area contributed by atoms with E-state index in [0.29, 0.717) is 11.6 Å². The molecule has 0 aromatic carbocycles. The van der Waals surface area contributed by atoms with Crippen LogP contribution in [0.25, 0.3) is 0 Å². The molecule has 106 valence electrons. The lowest BCUT2D eigenvalue weighted by Crippen LogP contribution is -2.44. The summed E-state index contributed by atoms with van der Waals surface area (Å²) in [4.78, 5) is 18.6. The molecule has 0 saturated carbocycles. The fourth-order valence-corrected chi connectivity index (χ4v) is 2.60. The summed E-state index contributed by atoms with van der Waals surface area (Å²) in [6.45, 7) is 7.10. The SMILES string of the molecule is CC(C)N(CC1CCCNC1)C(=O)c1cncn1C. The number of carbonyl (C=O) groups is 1. The molecule has 0 bridgehead atoms. The first-order valence-electron chi connectivity index (χ1n) is 7.07. The highest BCUT2D eigenvalue weighted by atomic mass is 16.2. The van der Waals surface area contributed by atoms with E-state index in [1.807, 2.05) is 11.9 Å². The van der Waals surface area contributed by atoms with Crippen LogP contribution in [0.2, 0.25) is 0 Å². The zero-order valence-electron chi connectivity index (χ0n) is 12.1.